The number of quaternary nitrogens is 1. The Morgan fingerprint density at radius 3 is 3.04 bits per heavy atom. The second-order valence-electron chi connectivity index (χ2n) is 6.31. The first-order valence-corrected chi connectivity index (χ1v) is 9.05. The van der Waals surface area contributed by atoms with Crippen LogP contribution >= 0.6 is 11.3 Å². The topological polar surface area (TPSA) is 43.9 Å². The van der Waals surface area contributed by atoms with Gasteiger partial charge in [0.05, 0.1) is 13.7 Å². The highest BCUT2D eigenvalue weighted by molar-refractivity contribution is 7.10. The van der Waals surface area contributed by atoms with Crippen molar-refractivity contribution in [1.29, 1.82) is 0 Å². The molecular formula is C19H20NO3S+. The summed E-state index contributed by atoms with van der Waals surface area (Å²) in [7, 11) is 1.61. The molecule has 24 heavy (non-hydrogen) atoms. The van der Waals surface area contributed by atoms with Crippen LogP contribution in [0.1, 0.15) is 29.0 Å². The number of nitrogens with one attached hydrogen (secondary N) is 1. The fourth-order valence-corrected chi connectivity index (χ4v) is 4.60. The van der Waals surface area contributed by atoms with E-state index in [2.05, 4.69) is 18.4 Å². The van der Waals surface area contributed by atoms with Crippen LogP contribution < -0.4 is 15.3 Å². The average Bonchev–Trinajstić information content (AvgIpc) is 3.06. The van der Waals surface area contributed by atoms with Gasteiger partial charge in [-0.1, -0.05) is 0 Å². The molecule has 4 rings (SSSR count). The van der Waals surface area contributed by atoms with E-state index >= 15 is 0 Å². The molecule has 5 heteroatoms. The highest BCUT2D eigenvalue weighted by Gasteiger charge is 2.28. The lowest BCUT2D eigenvalue weighted by molar-refractivity contribution is -0.945. The SMILES string of the molecule is COc1ccc2c(C[NH+]3CCc4sccc4[C@@H]3C)cc(=O)oc2c1. The zero-order valence-electron chi connectivity index (χ0n) is 13.8. The Bertz CT molecular complexity index is 943. The van der Waals surface area contributed by atoms with Gasteiger partial charge < -0.3 is 14.1 Å². The van der Waals surface area contributed by atoms with Crippen LogP contribution in [0, 0.1) is 0 Å². The molecule has 1 N–H and O–H groups in total. The molecule has 1 aliphatic heterocycles. The van der Waals surface area contributed by atoms with E-state index in [1.165, 1.54) is 15.3 Å². The Morgan fingerprint density at radius 1 is 1.33 bits per heavy atom. The molecule has 0 radical (unpaired) electrons. The maximum atomic E-state index is 12.0. The summed E-state index contributed by atoms with van der Waals surface area (Å²) in [6.07, 6.45) is 1.11. The van der Waals surface area contributed by atoms with Crippen LogP contribution in [0.25, 0.3) is 11.0 Å². The minimum absolute atomic E-state index is 0.300. The maximum Gasteiger partial charge on any atom is 0.336 e. The third kappa shape index (κ3) is 2.64. The third-order valence-electron chi connectivity index (χ3n) is 4.99. The van der Waals surface area contributed by atoms with Gasteiger partial charge in [-0.05, 0) is 30.5 Å². The second kappa shape index (κ2) is 6.07. The van der Waals surface area contributed by atoms with Crippen molar-refractivity contribution in [2.45, 2.75) is 25.9 Å². The fraction of sp³-hybridized carbons (Fsp3) is 0.316. The quantitative estimate of drug-likeness (QED) is 0.744. The van der Waals surface area contributed by atoms with Gasteiger partial charge >= 0.3 is 5.63 Å². The smallest absolute Gasteiger partial charge is 0.336 e. The molecule has 0 fully saturated rings. The summed E-state index contributed by atoms with van der Waals surface area (Å²) >= 11 is 1.85. The van der Waals surface area contributed by atoms with E-state index in [1.54, 1.807) is 19.2 Å². The highest BCUT2D eigenvalue weighted by Crippen LogP contribution is 2.26. The molecule has 0 amide bonds. The zero-order valence-corrected chi connectivity index (χ0v) is 14.6. The Hall–Kier alpha value is -2.11. The second-order valence-corrected chi connectivity index (χ2v) is 7.31. The van der Waals surface area contributed by atoms with E-state index in [1.807, 2.05) is 23.5 Å². The number of benzene rings is 1. The lowest BCUT2D eigenvalue weighted by atomic mass is 10.00. The van der Waals surface area contributed by atoms with E-state index in [0.717, 1.165) is 30.5 Å². The predicted molar refractivity (Wildman–Crippen MR) is 95.0 cm³/mol. The van der Waals surface area contributed by atoms with Gasteiger partial charge in [-0.2, -0.15) is 0 Å². The summed E-state index contributed by atoms with van der Waals surface area (Å²) < 4.78 is 10.6. The minimum atomic E-state index is -0.300. The Balaban J connectivity index is 1.71. The molecule has 2 aromatic heterocycles. The number of hydrogen-bond acceptors (Lipinski definition) is 4. The van der Waals surface area contributed by atoms with Gasteiger partial charge in [0, 0.05) is 39.9 Å². The van der Waals surface area contributed by atoms with Crippen molar-refractivity contribution in [1.82, 2.24) is 0 Å². The van der Waals surface area contributed by atoms with Crippen molar-refractivity contribution in [3.63, 3.8) is 0 Å². The van der Waals surface area contributed by atoms with E-state index in [-0.39, 0.29) is 5.63 Å². The molecule has 3 aromatic rings. The number of hydrogen-bond donors (Lipinski definition) is 1. The molecule has 0 saturated heterocycles. The molecular weight excluding hydrogens is 322 g/mol. The molecule has 4 nitrogen and oxygen atoms in total. The van der Waals surface area contributed by atoms with E-state index in [4.69, 9.17) is 9.15 Å². The molecule has 1 unspecified atom stereocenters. The zero-order chi connectivity index (χ0) is 16.7. The predicted octanol–water partition coefficient (Wildman–Crippen LogP) is 2.57. The van der Waals surface area contributed by atoms with Gasteiger partial charge in [-0.3, -0.25) is 0 Å². The molecule has 2 atom stereocenters. The minimum Gasteiger partial charge on any atom is -0.497 e. The summed E-state index contributed by atoms with van der Waals surface area (Å²) in [6.45, 7) is 4.19. The number of fused-ring (bicyclic) bond motifs is 2. The van der Waals surface area contributed by atoms with Crippen LogP contribution in [-0.2, 0) is 13.0 Å². The van der Waals surface area contributed by atoms with Gasteiger partial charge in [0.15, 0.2) is 0 Å². The molecule has 0 spiro atoms. The van der Waals surface area contributed by atoms with Crippen molar-refractivity contribution < 1.29 is 14.1 Å². The van der Waals surface area contributed by atoms with Gasteiger partial charge in [0.1, 0.15) is 23.9 Å². The molecule has 0 saturated carbocycles. The van der Waals surface area contributed by atoms with Crippen LogP contribution in [0.2, 0.25) is 0 Å². The van der Waals surface area contributed by atoms with Crippen molar-refractivity contribution in [2.24, 2.45) is 0 Å². The lowest BCUT2D eigenvalue weighted by Crippen LogP contribution is -3.11. The number of thiophene rings is 1. The maximum absolute atomic E-state index is 12.0. The first kappa shape index (κ1) is 15.4. The van der Waals surface area contributed by atoms with Crippen LogP contribution in [0.4, 0.5) is 0 Å². The Morgan fingerprint density at radius 2 is 2.21 bits per heavy atom. The molecule has 0 aliphatic carbocycles. The van der Waals surface area contributed by atoms with Crippen LogP contribution in [0.3, 0.4) is 0 Å². The summed E-state index contributed by atoms with van der Waals surface area (Å²) in [5, 5.41) is 3.18. The van der Waals surface area contributed by atoms with Crippen molar-refractivity contribution in [2.75, 3.05) is 13.7 Å². The van der Waals surface area contributed by atoms with Crippen LogP contribution in [0.5, 0.6) is 5.75 Å². The standard InChI is InChI=1S/C19H19NO3S/c1-12-15-6-8-24-18(15)5-7-20(12)11-13-9-19(21)23-17-10-14(22-2)3-4-16(13)17/h3-4,6,8-10,12H,5,7,11H2,1-2H3/p+1/t12-/m0/s1. The number of methoxy groups -OCH3 is 1. The number of rotatable bonds is 3. The molecule has 3 heterocycles. The summed E-state index contributed by atoms with van der Waals surface area (Å²) in [6, 6.07) is 10.0. The van der Waals surface area contributed by atoms with Gasteiger partial charge in [0.25, 0.3) is 0 Å². The third-order valence-corrected chi connectivity index (χ3v) is 5.98. The van der Waals surface area contributed by atoms with Gasteiger partial charge in [-0.25, -0.2) is 4.79 Å². The van der Waals surface area contributed by atoms with Crippen molar-refractivity contribution >= 4 is 22.3 Å². The summed E-state index contributed by atoms with van der Waals surface area (Å²) in [5.41, 5.74) is 2.79. The lowest BCUT2D eigenvalue weighted by Gasteiger charge is -2.30. The molecule has 0 bridgehead atoms. The monoisotopic (exact) mass is 342 g/mol. The molecule has 1 aliphatic rings. The first-order valence-electron chi connectivity index (χ1n) is 8.17. The summed E-state index contributed by atoms with van der Waals surface area (Å²) in [4.78, 5) is 15.0. The molecule has 124 valence electrons. The Kier molecular flexibility index (Phi) is 3.90. The van der Waals surface area contributed by atoms with E-state index in [0.29, 0.717) is 17.4 Å². The highest BCUT2D eigenvalue weighted by atomic mass is 32.1. The number of ether oxygens (including phenoxy) is 1. The first-order chi connectivity index (χ1) is 11.7. The average molecular weight is 342 g/mol. The van der Waals surface area contributed by atoms with E-state index in [9.17, 15) is 4.79 Å². The largest absolute Gasteiger partial charge is 0.497 e. The van der Waals surface area contributed by atoms with E-state index < -0.39 is 0 Å². The van der Waals surface area contributed by atoms with Crippen LogP contribution in [-0.4, -0.2) is 13.7 Å². The normalized spacial score (nSPS) is 20.1. The van der Waals surface area contributed by atoms with Crippen molar-refractivity contribution in [3.8, 4) is 5.75 Å². The molecule has 1 aromatic carbocycles. The van der Waals surface area contributed by atoms with Crippen LogP contribution in [0.15, 0.2) is 44.9 Å². The van der Waals surface area contributed by atoms with Gasteiger partial charge in [0.2, 0.25) is 0 Å². The van der Waals surface area contributed by atoms with Crippen molar-refractivity contribution in [3.05, 3.63) is 62.1 Å². The van der Waals surface area contributed by atoms with Gasteiger partial charge in [-0.15, -0.1) is 11.3 Å². The Labute approximate surface area is 144 Å². The summed E-state index contributed by atoms with van der Waals surface area (Å²) in [5.74, 6) is 0.699. The fourth-order valence-electron chi connectivity index (χ4n) is 3.62.